The van der Waals surface area contributed by atoms with Gasteiger partial charge in [-0.2, -0.15) is 5.10 Å². The molecule has 2 aromatic carbocycles. The van der Waals surface area contributed by atoms with Gasteiger partial charge in [0, 0.05) is 99.3 Å². The van der Waals surface area contributed by atoms with Crippen molar-refractivity contribution >= 4 is 40.0 Å². The Labute approximate surface area is 309 Å². The van der Waals surface area contributed by atoms with Crippen molar-refractivity contribution in [3.8, 4) is 16.9 Å². The topological polar surface area (TPSA) is 145 Å². The molecule has 5 heterocycles. The van der Waals surface area contributed by atoms with Gasteiger partial charge in [-0.25, -0.2) is 0 Å². The van der Waals surface area contributed by atoms with E-state index in [0.717, 1.165) is 37.3 Å². The Morgan fingerprint density at radius 3 is 2.41 bits per heavy atom. The van der Waals surface area contributed by atoms with Crippen molar-refractivity contribution in [3.63, 3.8) is 0 Å². The lowest BCUT2D eigenvalue weighted by Gasteiger charge is -2.40. The minimum absolute atomic E-state index is 0.0338. The quantitative estimate of drug-likeness (QED) is 0.213. The molecule has 2 aromatic heterocycles. The van der Waals surface area contributed by atoms with Crippen molar-refractivity contribution in [1.82, 2.24) is 29.9 Å². The van der Waals surface area contributed by atoms with Gasteiger partial charge in [-0.1, -0.05) is 12.1 Å². The fourth-order valence-corrected chi connectivity index (χ4v) is 7.81. The second kappa shape index (κ2) is 15.2. The number of aromatic amines is 1. The number of aryl methyl sites for hydroxylation is 1. The molecule has 3 fully saturated rings. The Balaban J connectivity index is 0.920. The first-order chi connectivity index (χ1) is 25.8. The van der Waals surface area contributed by atoms with E-state index >= 15 is 0 Å². The summed E-state index contributed by atoms with van der Waals surface area (Å²) in [6, 6.07) is 12.1. The van der Waals surface area contributed by atoms with Gasteiger partial charge in [-0.05, 0) is 68.0 Å². The number of alkyl halides is 3. The van der Waals surface area contributed by atoms with Crippen LogP contribution in [0.5, 0.6) is 5.75 Å². The number of nitrogens with one attached hydrogen (secondary N) is 3. The van der Waals surface area contributed by atoms with Crippen LogP contribution in [0, 0.1) is 5.92 Å². The lowest BCUT2D eigenvalue weighted by atomic mass is 9.93. The summed E-state index contributed by atoms with van der Waals surface area (Å²) in [6.45, 7) is 2.94. The molecule has 4 aromatic rings. The van der Waals surface area contributed by atoms with Gasteiger partial charge in [0.25, 0.3) is 5.56 Å². The van der Waals surface area contributed by atoms with Crippen molar-refractivity contribution in [1.29, 1.82) is 0 Å². The summed E-state index contributed by atoms with van der Waals surface area (Å²) in [5, 5.41) is 12.7. The highest BCUT2D eigenvalue weighted by Gasteiger charge is 2.35. The third-order valence-corrected chi connectivity index (χ3v) is 10.9. The lowest BCUT2D eigenvalue weighted by molar-refractivity contribution is -0.275. The maximum Gasteiger partial charge on any atom is 0.573 e. The van der Waals surface area contributed by atoms with Gasteiger partial charge in [0.15, 0.2) is 0 Å². The Morgan fingerprint density at radius 2 is 1.72 bits per heavy atom. The molecule has 54 heavy (non-hydrogen) atoms. The number of hydrogen-bond donors (Lipinski definition) is 3. The van der Waals surface area contributed by atoms with Crippen LogP contribution in [0.2, 0.25) is 0 Å². The highest BCUT2D eigenvalue weighted by molar-refractivity contribution is 6.01. The largest absolute Gasteiger partial charge is 0.573 e. The van der Waals surface area contributed by atoms with Gasteiger partial charge in [-0.15, -0.1) is 13.2 Å². The fraction of sp³-hybridized carbons (Fsp3) is 0.447. The van der Waals surface area contributed by atoms with E-state index in [0.29, 0.717) is 60.8 Å². The number of carbonyl (C=O) groups excluding carboxylic acids is 3. The van der Waals surface area contributed by atoms with Gasteiger partial charge in [-0.3, -0.25) is 34.5 Å². The highest BCUT2D eigenvalue weighted by atomic mass is 19.4. The van der Waals surface area contributed by atoms with Crippen LogP contribution in [0.25, 0.3) is 22.0 Å². The molecule has 0 bridgehead atoms. The van der Waals surface area contributed by atoms with Gasteiger partial charge in [0.05, 0.1) is 6.20 Å². The van der Waals surface area contributed by atoms with Crippen LogP contribution in [0.1, 0.15) is 44.1 Å². The van der Waals surface area contributed by atoms with Crippen LogP contribution in [0.4, 0.5) is 24.5 Å². The minimum atomic E-state index is -4.89. The summed E-state index contributed by atoms with van der Waals surface area (Å²) in [5.74, 6) is -0.830. The van der Waals surface area contributed by atoms with E-state index in [9.17, 15) is 32.3 Å². The SMILES string of the molecule is CN(C(=O)C1CCN(c2ccc(NC3CCC(=O)NC3=O)cc2)CC1)C1CCN(Cc2ccc(-c3cn(C)c(=O)c4[nH]ncc34)cc2OC(F)(F)F)CC1. The summed E-state index contributed by atoms with van der Waals surface area (Å²) in [5.41, 5.74) is 3.21. The Hall–Kier alpha value is -5.38. The third-order valence-electron chi connectivity index (χ3n) is 10.9. The van der Waals surface area contributed by atoms with E-state index in [1.165, 1.54) is 16.8 Å². The zero-order chi connectivity index (χ0) is 38.1. The number of pyridine rings is 1. The van der Waals surface area contributed by atoms with Gasteiger partial charge < -0.3 is 24.4 Å². The number of anilines is 2. The number of rotatable bonds is 9. The number of aromatic nitrogens is 3. The number of H-pyrrole nitrogens is 1. The van der Waals surface area contributed by atoms with Crippen LogP contribution in [-0.4, -0.2) is 94.0 Å². The van der Waals surface area contributed by atoms with Crippen LogP contribution in [0.15, 0.2) is 59.7 Å². The summed E-state index contributed by atoms with van der Waals surface area (Å²) in [7, 11) is 3.42. The van der Waals surface area contributed by atoms with Crippen molar-refractivity contribution in [3.05, 3.63) is 70.8 Å². The maximum atomic E-state index is 13.6. The van der Waals surface area contributed by atoms with E-state index in [1.807, 2.05) is 36.2 Å². The lowest BCUT2D eigenvalue weighted by Crippen LogP contribution is -2.48. The van der Waals surface area contributed by atoms with Crippen molar-refractivity contribution in [2.45, 2.75) is 63.5 Å². The van der Waals surface area contributed by atoms with Crippen LogP contribution < -0.4 is 25.8 Å². The zero-order valence-corrected chi connectivity index (χ0v) is 30.1. The predicted molar refractivity (Wildman–Crippen MR) is 196 cm³/mol. The summed E-state index contributed by atoms with van der Waals surface area (Å²) >= 11 is 0. The number of fused-ring (bicyclic) bond motifs is 1. The van der Waals surface area contributed by atoms with Crippen molar-refractivity contribution in [2.75, 3.05) is 43.4 Å². The molecular weight excluding hydrogens is 705 g/mol. The molecule has 13 nitrogen and oxygen atoms in total. The minimum Gasteiger partial charge on any atom is -0.405 e. The average Bonchev–Trinajstić information content (AvgIpc) is 3.65. The first-order valence-electron chi connectivity index (χ1n) is 18.2. The molecule has 7 rings (SSSR count). The number of imide groups is 1. The van der Waals surface area contributed by atoms with E-state index in [4.69, 9.17) is 0 Å². The highest BCUT2D eigenvalue weighted by Crippen LogP contribution is 2.35. The monoisotopic (exact) mass is 748 g/mol. The van der Waals surface area contributed by atoms with Gasteiger partial charge in [0.2, 0.25) is 17.7 Å². The van der Waals surface area contributed by atoms with Crippen LogP contribution >= 0.6 is 0 Å². The number of ether oxygens (including phenoxy) is 1. The second-order valence-electron chi connectivity index (χ2n) is 14.4. The molecule has 1 unspecified atom stereocenters. The zero-order valence-electron chi connectivity index (χ0n) is 30.1. The summed E-state index contributed by atoms with van der Waals surface area (Å²) in [4.78, 5) is 55.8. The predicted octanol–water partition coefficient (Wildman–Crippen LogP) is 4.38. The van der Waals surface area contributed by atoms with E-state index in [1.54, 1.807) is 25.4 Å². The second-order valence-corrected chi connectivity index (χ2v) is 14.4. The molecule has 3 amide bonds. The van der Waals surface area contributed by atoms with Crippen molar-refractivity contribution in [2.24, 2.45) is 13.0 Å². The number of carbonyl (C=O) groups is 3. The molecule has 1 atom stereocenters. The standard InChI is InChI=1S/C38H43F3N8O5/c1-46-22-30(29-20-42-45-34(29)37(46)53)24-3-4-25(32(19-24)54-38(39,40)41)21-48-15-13-27(14-16-48)47(2)36(52)23-11-17-49(18-12-23)28-7-5-26(6-8-28)43-31-9-10-33(50)44-35(31)51/h3-8,19-20,22-23,27,31,43H,9-18,21H2,1-2H3,(H,42,45)(H,44,50,51). The molecule has 3 saturated heterocycles. The summed E-state index contributed by atoms with van der Waals surface area (Å²) in [6.07, 6.45) is 1.77. The normalized spacial score (nSPS) is 19.2. The number of likely N-dealkylation sites (tertiary alicyclic amines) is 1. The average molecular weight is 749 g/mol. The number of nitrogens with zero attached hydrogens (tertiary/aromatic N) is 5. The number of halogens is 3. The summed E-state index contributed by atoms with van der Waals surface area (Å²) < 4.78 is 46.6. The molecule has 0 radical (unpaired) electrons. The smallest absolute Gasteiger partial charge is 0.405 e. The van der Waals surface area contributed by atoms with Gasteiger partial charge >= 0.3 is 6.36 Å². The molecule has 0 spiro atoms. The third kappa shape index (κ3) is 8.07. The molecule has 0 saturated carbocycles. The Bertz CT molecular complexity index is 2080. The van der Waals surface area contributed by atoms with Crippen LogP contribution in [0.3, 0.4) is 0 Å². The van der Waals surface area contributed by atoms with E-state index < -0.39 is 12.4 Å². The molecule has 0 aliphatic carbocycles. The van der Waals surface area contributed by atoms with Crippen LogP contribution in [-0.2, 0) is 28.0 Å². The molecule has 3 aliphatic heterocycles. The molecule has 3 N–H and O–H groups in total. The van der Waals surface area contributed by atoms with E-state index in [-0.39, 0.29) is 53.1 Å². The number of benzene rings is 2. The Morgan fingerprint density at radius 1 is 1.00 bits per heavy atom. The van der Waals surface area contributed by atoms with E-state index in [2.05, 4.69) is 35.4 Å². The molecule has 3 aliphatic rings. The first-order valence-corrected chi connectivity index (χ1v) is 18.2. The number of amides is 3. The first kappa shape index (κ1) is 37.0. The molecule has 16 heteroatoms. The molecular formula is C38H43F3N8O5. The van der Waals surface area contributed by atoms with Crippen molar-refractivity contribution < 1.29 is 32.3 Å². The number of piperidine rings is 3. The Kier molecular flexibility index (Phi) is 10.4. The number of hydrogen-bond acceptors (Lipinski definition) is 9. The maximum absolute atomic E-state index is 13.6. The fourth-order valence-electron chi connectivity index (χ4n) is 7.81. The van der Waals surface area contributed by atoms with Gasteiger partial charge in [0.1, 0.15) is 17.3 Å². The molecule has 286 valence electrons.